The molecule has 2 aromatic rings. The summed E-state index contributed by atoms with van der Waals surface area (Å²) in [7, 11) is 0. The first-order chi connectivity index (χ1) is 7.36. The Morgan fingerprint density at radius 1 is 1.60 bits per heavy atom. The second-order valence-electron chi connectivity index (χ2n) is 2.96. The fraction of sp³-hybridized carbons (Fsp3) is 0.200. The molecule has 78 valence electrons. The van der Waals surface area contributed by atoms with E-state index >= 15 is 0 Å². The quantitative estimate of drug-likeness (QED) is 0.856. The highest BCUT2D eigenvalue weighted by molar-refractivity contribution is 7.12. The van der Waals surface area contributed by atoms with Gasteiger partial charge in [-0.2, -0.15) is 0 Å². The van der Waals surface area contributed by atoms with Crippen LogP contribution in [0.5, 0.6) is 0 Å². The molecular weight excluding hydrogens is 212 g/mol. The highest BCUT2D eigenvalue weighted by Crippen LogP contribution is 2.07. The van der Waals surface area contributed by atoms with Gasteiger partial charge in [-0.3, -0.25) is 4.79 Å². The van der Waals surface area contributed by atoms with Crippen molar-refractivity contribution in [1.29, 1.82) is 0 Å². The second-order valence-corrected chi connectivity index (χ2v) is 3.91. The van der Waals surface area contributed by atoms with E-state index in [1.165, 1.54) is 17.7 Å². The Morgan fingerprint density at radius 2 is 2.53 bits per heavy atom. The molecule has 2 rings (SSSR count). The lowest BCUT2D eigenvalue weighted by Gasteiger charge is -2.00. The van der Waals surface area contributed by atoms with E-state index in [2.05, 4.69) is 10.3 Å². The smallest absolute Gasteiger partial charge is 0.261 e. The van der Waals surface area contributed by atoms with Gasteiger partial charge >= 0.3 is 0 Å². The van der Waals surface area contributed by atoms with Crippen LogP contribution in [-0.2, 0) is 6.42 Å². The molecule has 0 bridgehead atoms. The average molecular weight is 222 g/mol. The molecule has 0 spiro atoms. The van der Waals surface area contributed by atoms with Crippen molar-refractivity contribution in [2.45, 2.75) is 6.42 Å². The molecule has 1 amide bonds. The number of nitrogens with one attached hydrogen (secondary N) is 1. The summed E-state index contributed by atoms with van der Waals surface area (Å²) in [6.45, 7) is 0.573. The monoisotopic (exact) mass is 222 g/mol. The molecular formula is C10H10N2O2S. The van der Waals surface area contributed by atoms with Gasteiger partial charge in [0, 0.05) is 13.0 Å². The topological polar surface area (TPSA) is 55.1 Å². The molecule has 0 unspecified atom stereocenters. The molecule has 0 radical (unpaired) electrons. The Morgan fingerprint density at radius 3 is 3.20 bits per heavy atom. The zero-order chi connectivity index (χ0) is 10.5. The first-order valence-electron chi connectivity index (χ1n) is 4.55. The van der Waals surface area contributed by atoms with Crippen LogP contribution in [0, 0.1) is 0 Å². The Bertz CT molecular complexity index is 409. The number of hydrogen-bond donors (Lipinski definition) is 1. The van der Waals surface area contributed by atoms with E-state index in [1.807, 2.05) is 11.4 Å². The van der Waals surface area contributed by atoms with Gasteiger partial charge in [-0.05, 0) is 11.4 Å². The van der Waals surface area contributed by atoms with Crippen molar-refractivity contribution in [2.24, 2.45) is 0 Å². The normalized spacial score (nSPS) is 10.1. The van der Waals surface area contributed by atoms with E-state index in [0.29, 0.717) is 13.0 Å². The molecule has 5 heteroatoms. The van der Waals surface area contributed by atoms with Gasteiger partial charge in [-0.25, -0.2) is 4.98 Å². The number of rotatable bonds is 4. The molecule has 0 saturated carbocycles. The van der Waals surface area contributed by atoms with Crippen molar-refractivity contribution in [2.75, 3.05) is 6.54 Å². The van der Waals surface area contributed by atoms with E-state index in [-0.39, 0.29) is 5.91 Å². The van der Waals surface area contributed by atoms with Crippen LogP contribution in [0.3, 0.4) is 0 Å². The molecule has 0 aliphatic heterocycles. The summed E-state index contributed by atoms with van der Waals surface area (Å²) in [6, 6.07) is 3.66. The van der Waals surface area contributed by atoms with Gasteiger partial charge < -0.3 is 9.73 Å². The number of carbonyl (C=O) groups excluding carboxylic acids is 1. The molecule has 2 aromatic heterocycles. The first-order valence-corrected chi connectivity index (χ1v) is 5.43. The number of hydrogen-bond acceptors (Lipinski definition) is 4. The summed E-state index contributed by atoms with van der Waals surface area (Å²) in [5, 5.41) is 4.69. The number of carbonyl (C=O) groups is 1. The van der Waals surface area contributed by atoms with Crippen LogP contribution in [0.15, 0.2) is 34.6 Å². The summed E-state index contributed by atoms with van der Waals surface area (Å²) in [6.07, 6.45) is 3.65. The fourth-order valence-electron chi connectivity index (χ4n) is 1.16. The first kappa shape index (κ1) is 9.92. The maximum Gasteiger partial charge on any atom is 0.261 e. The molecule has 2 heterocycles. The third-order valence-electron chi connectivity index (χ3n) is 1.90. The molecule has 0 saturated heterocycles. The van der Waals surface area contributed by atoms with Crippen LogP contribution in [0.2, 0.25) is 0 Å². The van der Waals surface area contributed by atoms with Crippen molar-refractivity contribution in [3.63, 3.8) is 0 Å². The standard InChI is InChI=1S/C10H10N2O2S/c13-10(9-2-1-5-15-9)11-4-3-8-6-14-7-12-8/h1-2,5-7H,3-4H2,(H,11,13). The number of thiophene rings is 1. The third kappa shape index (κ3) is 2.66. The summed E-state index contributed by atoms with van der Waals surface area (Å²) in [5.41, 5.74) is 0.849. The maximum atomic E-state index is 11.5. The maximum absolute atomic E-state index is 11.5. The largest absolute Gasteiger partial charge is 0.451 e. The van der Waals surface area contributed by atoms with Gasteiger partial charge in [-0.15, -0.1) is 11.3 Å². The van der Waals surface area contributed by atoms with Gasteiger partial charge in [0.25, 0.3) is 5.91 Å². The molecule has 0 aliphatic carbocycles. The van der Waals surface area contributed by atoms with Crippen LogP contribution in [0.1, 0.15) is 15.4 Å². The Hall–Kier alpha value is -1.62. The van der Waals surface area contributed by atoms with E-state index in [1.54, 1.807) is 12.3 Å². The number of oxazole rings is 1. The summed E-state index contributed by atoms with van der Waals surface area (Å²) >= 11 is 1.43. The molecule has 0 aliphatic rings. The summed E-state index contributed by atoms with van der Waals surface area (Å²) in [4.78, 5) is 16.2. The van der Waals surface area contributed by atoms with E-state index < -0.39 is 0 Å². The van der Waals surface area contributed by atoms with Crippen LogP contribution >= 0.6 is 11.3 Å². The van der Waals surface area contributed by atoms with Crippen LogP contribution in [0.4, 0.5) is 0 Å². The minimum atomic E-state index is -0.0338. The second kappa shape index (κ2) is 4.75. The van der Waals surface area contributed by atoms with Crippen LogP contribution < -0.4 is 5.32 Å². The molecule has 0 fully saturated rings. The molecule has 15 heavy (non-hydrogen) atoms. The number of nitrogens with zero attached hydrogens (tertiary/aromatic N) is 1. The van der Waals surface area contributed by atoms with E-state index in [4.69, 9.17) is 4.42 Å². The number of aromatic nitrogens is 1. The Balaban J connectivity index is 1.77. The predicted octanol–water partition coefficient (Wildman–Crippen LogP) is 1.71. The van der Waals surface area contributed by atoms with E-state index in [9.17, 15) is 4.79 Å². The van der Waals surface area contributed by atoms with Crippen molar-refractivity contribution in [3.8, 4) is 0 Å². The SMILES string of the molecule is O=C(NCCc1cocn1)c1cccs1. The lowest BCUT2D eigenvalue weighted by atomic mass is 10.3. The third-order valence-corrected chi connectivity index (χ3v) is 2.76. The molecule has 0 atom stereocenters. The van der Waals surface area contributed by atoms with Gasteiger partial charge in [0.2, 0.25) is 0 Å². The highest BCUT2D eigenvalue weighted by atomic mass is 32.1. The van der Waals surface area contributed by atoms with Gasteiger partial charge in [0.1, 0.15) is 6.26 Å². The summed E-state index contributed by atoms with van der Waals surface area (Å²) < 4.78 is 4.82. The molecule has 4 nitrogen and oxygen atoms in total. The molecule has 1 N–H and O–H groups in total. The van der Waals surface area contributed by atoms with Gasteiger partial charge in [0.05, 0.1) is 10.6 Å². The Labute approximate surface area is 90.9 Å². The minimum absolute atomic E-state index is 0.0338. The predicted molar refractivity (Wildman–Crippen MR) is 56.9 cm³/mol. The number of amides is 1. The van der Waals surface area contributed by atoms with Crippen LogP contribution in [-0.4, -0.2) is 17.4 Å². The zero-order valence-electron chi connectivity index (χ0n) is 7.97. The van der Waals surface area contributed by atoms with Gasteiger partial charge in [-0.1, -0.05) is 6.07 Å². The molecule has 0 aromatic carbocycles. The van der Waals surface area contributed by atoms with Crippen molar-refractivity contribution in [1.82, 2.24) is 10.3 Å². The zero-order valence-corrected chi connectivity index (χ0v) is 8.79. The lowest BCUT2D eigenvalue weighted by Crippen LogP contribution is -2.24. The van der Waals surface area contributed by atoms with E-state index in [0.717, 1.165) is 10.6 Å². The van der Waals surface area contributed by atoms with Crippen molar-refractivity contribution in [3.05, 3.63) is 40.7 Å². The highest BCUT2D eigenvalue weighted by Gasteiger charge is 2.05. The average Bonchev–Trinajstić information content (AvgIpc) is 2.90. The minimum Gasteiger partial charge on any atom is -0.451 e. The fourth-order valence-corrected chi connectivity index (χ4v) is 1.80. The lowest BCUT2D eigenvalue weighted by molar-refractivity contribution is 0.0958. The Kier molecular flexibility index (Phi) is 3.14. The van der Waals surface area contributed by atoms with Crippen molar-refractivity contribution >= 4 is 17.2 Å². The van der Waals surface area contributed by atoms with Crippen molar-refractivity contribution < 1.29 is 9.21 Å². The van der Waals surface area contributed by atoms with Gasteiger partial charge in [0.15, 0.2) is 6.39 Å². The van der Waals surface area contributed by atoms with Crippen LogP contribution in [0.25, 0.3) is 0 Å². The summed E-state index contributed by atoms with van der Waals surface area (Å²) in [5.74, 6) is -0.0338.